The van der Waals surface area contributed by atoms with Gasteiger partial charge in [0, 0.05) is 33.2 Å². The lowest BCUT2D eigenvalue weighted by molar-refractivity contribution is 0.669. The highest BCUT2D eigenvalue weighted by Crippen LogP contribution is 2.44. The number of nitrogens with zero attached hydrogens (tertiary/aromatic N) is 2. The SMILES string of the molecule is c1ccc2c(-c3ccc(N(c4ccc(-c5ccc(-n6c7ccccc7c7ccccc76)cc5)cc4)c4cccc5oc6ccccc6c45)cc3)cccc2c1. The van der Waals surface area contributed by atoms with Gasteiger partial charge in [-0.1, -0.05) is 140 Å². The van der Waals surface area contributed by atoms with Gasteiger partial charge in [-0.05, 0) is 99.8 Å². The Kier molecular flexibility index (Phi) is 7.17. The second-order valence-electron chi connectivity index (χ2n) is 14.1. The van der Waals surface area contributed by atoms with Gasteiger partial charge in [0.25, 0.3) is 0 Å². The van der Waals surface area contributed by atoms with Crippen LogP contribution in [-0.4, -0.2) is 4.57 Å². The maximum atomic E-state index is 6.37. The molecule has 2 aromatic heterocycles. The smallest absolute Gasteiger partial charge is 0.137 e. The molecule has 0 saturated heterocycles. The molecule has 0 unspecified atom stereocenters. The molecule has 9 aromatic carbocycles. The average Bonchev–Trinajstić information content (AvgIpc) is 3.81. The third-order valence-electron chi connectivity index (χ3n) is 11.0. The lowest BCUT2D eigenvalue weighted by Gasteiger charge is -2.26. The number of hydrogen-bond acceptors (Lipinski definition) is 2. The fraction of sp³-hybridized carbons (Fsp3) is 0. The zero-order valence-electron chi connectivity index (χ0n) is 29.9. The number of benzene rings is 9. The molecule has 3 nitrogen and oxygen atoms in total. The summed E-state index contributed by atoms with van der Waals surface area (Å²) >= 11 is 0. The lowest BCUT2D eigenvalue weighted by atomic mass is 9.98. The molecule has 0 fully saturated rings. The molecule has 0 bridgehead atoms. The average molecular weight is 703 g/mol. The van der Waals surface area contributed by atoms with Crippen molar-refractivity contribution in [3.05, 3.63) is 206 Å². The van der Waals surface area contributed by atoms with E-state index in [1.54, 1.807) is 0 Å². The van der Waals surface area contributed by atoms with Gasteiger partial charge in [-0.25, -0.2) is 0 Å². The number of rotatable bonds is 6. The van der Waals surface area contributed by atoms with Crippen molar-refractivity contribution >= 4 is 71.6 Å². The van der Waals surface area contributed by atoms with E-state index in [0.717, 1.165) is 50.3 Å². The third kappa shape index (κ3) is 5.13. The summed E-state index contributed by atoms with van der Waals surface area (Å²) in [6.07, 6.45) is 0. The zero-order valence-corrected chi connectivity index (χ0v) is 29.9. The van der Waals surface area contributed by atoms with Crippen LogP contribution in [0.1, 0.15) is 0 Å². The van der Waals surface area contributed by atoms with Gasteiger partial charge in [0.05, 0.1) is 22.1 Å². The first-order valence-corrected chi connectivity index (χ1v) is 18.8. The Balaban J connectivity index is 0.999. The molecule has 0 aliphatic heterocycles. The number of hydrogen-bond donors (Lipinski definition) is 0. The van der Waals surface area contributed by atoms with Gasteiger partial charge < -0.3 is 13.9 Å². The summed E-state index contributed by atoms with van der Waals surface area (Å²) in [5.74, 6) is 0. The number of furan rings is 1. The predicted molar refractivity (Wildman–Crippen MR) is 231 cm³/mol. The molecule has 258 valence electrons. The first-order valence-electron chi connectivity index (χ1n) is 18.8. The Morgan fingerprint density at radius 3 is 1.56 bits per heavy atom. The van der Waals surface area contributed by atoms with E-state index in [1.165, 1.54) is 49.3 Å². The molecule has 11 rings (SSSR count). The van der Waals surface area contributed by atoms with Gasteiger partial charge in [-0.15, -0.1) is 0 Å². The molecule has 0 aliphatic rings. The van der Waals surface area contributed by atoms with Crippen LogP contribution in [0, 0.1) is 0 Å². The minimum absolute atomic E-state index is 0.871. The van der Waals surface area contributed by atoms with Gasteiger partial charge in [0.15, 0.2) is 0 Å². The molecule has 3 heteroatoms. The van der Waals surface area contributed by atoms with Gasteiger partial charge in [0.2, 0.25) is 0 Å². The van der Waals surface area contributed by atoms with Gasteiger partial charge >= 0.3 is 0 Å². The van der Waals surface area contributed by atoms with Gasteiger partial charge in [-0.2, -0.15) is 0 Å². The number of aromatic nitrogens is 1. The quantitative estimate of drug-likeness (QED) is 0.172. The first kappa shape index (κ1) is 31.2. The highest BCUT2D eigenvalue weighted by atomic mass is 16.3. The maximum Gasteiger partial charge on any atom is 0.137 e. The summed E-state index contributed by atoms with van der Waals surface area (Å²) in [7, 11) is 0. The van der Waals surface area contributed by atoms with Crippen LogP contribution in [0.5, 0.6) is 0 Å². The van der Waals surface area contributed by atoms with Crippen LogP contribution in [0.25, 0.3) is 82.5 Å². The van der Waals surface area contributed by atoms with E-state index >= 15 is 0 Å². The van der Waals surface area contributed by atoms with Crippen molar-refractivity contribution in [1.29, 1.82) is 0 Å². The number of anilines is 3. The molecular formula is C52H34N2O. The maximum absolute atomic E-state index is 6.37. The van der Waals surface area contributed by atoms with E-state index in [4.69, 9.17) is 4.42 Å². The van der Waals surface area contributed by atoms with Crippen LogP contribution < -0.4 is 4.90 Å². The monoisotopic (exact) mass is 702 g/mol. The van der Waals surface area contributed by atoms with E-state index in [1.807, 2.05) is 12.1 Å². The number of para-hydroxylation sites is 3. The Morgan fingerprint density at radius 1 is 0.364 bits per heavy atom. The van der Waals surface area contributed by atoms with Crippen LogP contribution in [0.4, 0.5) is 17.1 Å². The molecule has 0 saturated carbocycles. The van der Waals surface area contributed by atoms with E-state index in [-0.39, 0.29) is 0 Å². The number of fused-ring (bicyclic) bond motifs is 7. The highest BCUT2D eigenvalue weighted by molar-refractivity contribution is 6.13. The van der Waals surface area contributed by atoms with Gasteiger partial charge in [-0.3, -0.25) is 0 Å². The normalized spacial score (nSPS) is 11.6. The molecule has 0 aliphatic carbocycles. The standard InChI is InChI=1S/C52H34N2O/c1-2-13-42-37(11-1)12-9-17-43(42)38-27-33-40(34-28-38)53(49-20-10-22-51-52(49)46-16-5-8-21-50(46)55-51)39-29-23-35(24-30-39)36-25-31-41(32-26-36)54-47-18-6-3-14-44(47)45-15-4-7-19-48(45)54/h1-34H. The second-order valence-corrected chi connectivity index (χ2v) is 14.1. The summed E-state index contributed by atoms with van der Waals surface area (Å²) in [5.41, 5.74) is 13.3. The summed E-state index contributed by atoms with van der Waals surface area (Å²) < 4.78 is 8.73. The third-order valence-corrected chi connectivity index (χ3v) is 11.0. The van der Waals surface area contributed by atoms with E-state index in [9.17, 15) is 0 Å². The molecule has 11 aromatic rings. The lowest BCUT2D eigenvalue weighted by Crippen LogP contribution is -2.10. The van der Waals surface area contributed by atoms with Crippen LogP contribution in [0.15, 0.2) is 211 Å². The van der Waals surface area contributed by atoms with Crippen LogP contribution >= 0.6 is 0 Å². The fourth-order valence-electron chi connectivity index (χ4n) is 8.44. The Hall–Kier alpha value is -7.36. The van der Waals surface area contributed by atoms with E-state index < -0.39 is 0 Å². The van der Waals surface area contributed by atoms with Crippen molar-refractivity contribution in [1.82, 2.24) is 4.57 Å². The largest absolute Gasteiger partial charge is 0.456 e. The van der Waals surface area contributed by atoms with Crippen molar-refractivity contribution in [2.45, 2.75) is 0 Å². The van der Waals surface area contributed by atoms with Crippen molar-refractivity contribution in [2.75, 3.05) is 4.90 Å². The van der Waals surface area contributed by atoms with E-state index in [0.29, 0.717) is 0 Å². The fourth-order valence-corrected chi connectivity index (χ4v) is 8.44. The topological polar surface area (TPSA) is 21.3 Å². The minimum atomic E-state index is 0.871. The summed E-state index contributed by atoms with van der Waals surface area (Å²) in [6.45, 7) is 0. The molecule has 0 N–H and O–H groups in total. The van der Waals surface area contributed by atoms with Crippen molar-refractivity contribution in [3.8, 4) is 27.9 Å². The van der Waals surface area contributed by atoms with Crippen molar-refractivity contribution in [2.24, 2.45) is 0 Å². The first-order chi connectivity index (χ1) is 27.3. The van der Waals surface area contributed by atoms with Gasteiger partial charge in [0.1, 0.15) is 11.2 Å². The Morgan fingerprint density at radius 2 is 0.873 bits per heavy atom. The molecule has 0 atom stereocenters. The molecule has 2 heterocycles. The van der Waals surface area contributed by atoms with Crippen molar-refractivity contribution < 1.29 is 4.42 Å². The summed E-state index contributed by atoms with van der Waals surface area (Å²) in [5, 5.41) is 7.23. The summed E-state index contributed by atoms with van der Waals surface area (Å²) in [4.78, 5) is 2.35. The molecule has 55 heavy (non-hydrogen) atoms. The van der Waals surface area contributed by atoms with Crippen LogP contribution in [0.3, 0.4) is 0 Å². The second kappa shape index (κ2) is 12.6. The summed E-state index contributed by atoms with van der Waals surface area (Å²) in [6, 6.07) is 73.9. The Labute approximate surface area is 318 Å². The Bertz CT molecular complexity index is 3130. The zero-order chi connectivity index (χ0) is 36.3. The van der Waals surface area contributed by atoms with E-state index in [2.05, 4.69) is 204 Å². The van der Waals surface area contributed by atoms with Crippen LogP contribution in [-0.2, 0) is 0 Å². The minimum Gasteiger partial charge on any atom is -0.456 e. The molecular weight excluding hydrogens is 669 g/mol. The molecule has 0 radical (unpaired) electrons. The van der Waals surface area contributed by atoms with Crippen molar-refractivity contribution in [3.63, 3.8) is 0 Å². The predicted octanol–water partition coefficient (Wildman–Crippen LogP) is 14.6. The molecule has 0 amide bonds. The highest BCUT2D eigenvalue weighted by Gasteiger charge is 2.20. The molecule has 0 spiro atoms. The van der Waals surface area contributed by atoms with Crippen LogP contribution in [0.2, 0.25) is 0 Å².